The monoisotopic (exact) mass is 340 g/mol. The SMILES string of the molecule is CCC[I-]N(CC)C(C)C(O)C(F)(F)F. The van der Waals surface area contributed by atoms with Gasteiger partial charge in [-0.05, 0) is 0 Å². The summed E-state index contributed by atoms with van der Waals surface area (Å²) in [6.07, 6.45) is -5.75. The third kappa shape index (κ3) is 5.35. The summed E-state index contributed by atoms with van der Waals surface area (Å²) in [5.41, 5.74) is 0. The van der Waals surface area contributed by atoms with Gasteiger partial charge in [-0.3, -0.25) is 0 Å². The normalized spacial score (nSPS) is 17.1. The summed E-state index contributed by atoms with van der Waals surface area (Å²) in [6, 6.07) is -0.825. The van der Waals surface area contributed by atoms with E-state index in [9.17, 15) is 13.2 Å². The molecule has 2 nitrogen and oxygen atoms in total. The zero-order chi connectivity index (χ0) is 12.1. The van der Waals surface area contributed by atoms with E-state index in [0.717, 1.165) is 10.8 Å². The van der Waals surface area contributed by atoms with E-state index in [1.807, 2.05) is 13.8 Å². The van der Waals surface area contributed by atoms with Crippen LogP contribution in [0.3, 0.4) is 0 Å². The van der Waals surface area contributed by atoms with Crippen molar-refractivity contribution in [1.82, 2.24) is 3.11 Å². The Kier molecular flexibility index (Phi) is 7.10. The van der Waals surface area contributed by atoms with Crippen LogP contribution in [0.2, 0.25) is 0 Å². The first kappa shape index (κ1) is 15.4. The summed E-state index contributed by atoms with van der Waals surface area (Å²) < 4.78 is 39.5. The van der Waals surface area contributed by atoms with Gasteiger partial charge in [0.2, 0.25) is 0 Å². The molecule has 2 unspecified atom stereocenters. The zero-order valence-electron chi connectivity index (χ0n) is 9.18. The van der Waals surface area contributed by atoms with E-state index in [1.165, 1.54) is 6.92 Å². The Bertz CT molecular complexity index is 177. The average molecular weight is 340 g/mol. The summed E-state index contributed by atoms with van der Waals surface area (Å²) in [6.45, 7) is 5.85. The van der Waals surface area contributed by atoms with Gasteiger partial charge < -0.3 is 0 Å². The van der Waals surface area contributed by atoms with Gasteiger partial charge >= 0.3 is 99.4 Å². The summed E-state index contributed by atoms with van der Waals surface area (Å²) in [4.78, 5) is 0. The van der Waals surface area contributed by atoms with Gasteiger partial charge in [0, 0.05) is 0 Å². The van der Waals surface area contributed by atoms with Gasteiger partial charge in [0.15, 0.2) is 0 Å². The number of hydrogen-bond acceptors (Lipinski definition) is 2. The summed E-state index contributed by atoms with van der Waals surface area (Å²) in [5, 5.41) is 9.11. The minimum absolute atomic E-state index is 0.390. The molecule has 0 radical (unpaired) electrons. The number of likely N-dealkylation sites (N-methyl/N-ethyl adjacent to an activating group) is 1. The molecule has 0 fully saturated rings. The van der Waals surface area contributed by atoms with Crippen molar-refractivity contribution >= 4 is 0 Å². The van der Waals surface area contributed by atoms with Crippen LogP contribution in [0.4, 0.5) is 13.2 Å². The van der Waals surface area contributed by atoms with Crippen LogP contribution in [0.1, 0.15) is 27.2 Å². The number of rotatable bonds is 6. The number of hydrogen-bond donors (Lipinski definition) is 1. The predicted octanol–water partition coefficient (Wildman–Crippen LogP) is -0.966. The van der Waals surface area contributed by atoms with Crippen LogP contribution in [0.15, 0.2) is 0 Å². The van der Waals surface area contributed by atoms with E-state index in [-0.39, 0.29) is 0 Å². The van der Waals surface area contributed by atoms with Crippen LogP contribution in [0.25, 0.3) is 0 Å². The Morgan fingerprint density at radius 2 is 1.87 bits per heavy atom. The van der Waals surface area contributed by atoms with Gasteiger partial charge in [-0.2, -0.15) is 0 Å². The first-order valence-electron chi connectivity index (χ1n) is 4.95. The topological polar surface area (TPSA) is 23.5 Å². The van der Waals surface area contributed by atoms with Crippen molar-refractivity contribution in [3.63, 3.8) is 0 Å². The first-order chi connectivity index (χ1) is 6.84. The Balaban J connectivity index is 4.30. The van der Waals surface area contributed by atoms with Crippen LogP contribution in [-0.2, 0) is 0 Å². The molecule has 94 valence electrons. The molecule has 0 rings (SSSR count). The van der Waals surface area contributed by atoms with Gasteiger partial charge in [0.1, 0.15) is 0 Å². The molecule has 15 heavy (non-hydrogen) atoms. The fraction of sp³-hybridized carbons (Fsp3) is 1.00. The third-order valence-electron chi connectivity index (χ3n) is 1.96. The molecule has 0 aromatic heterocycles. The third-order valence-corrected chi connectivity index (χ3v) is 5.96. The van der Waals surface area contributed by atoms with Crippen LogP contribution in [-0.4, -0.2) is 37.5 Å². The fourth-order valence-corrected chi connectivity index (χ4v) is 3.61. The number of halogens is 4. The molecule has 0 spiro atoms. The molecule has 0 amide bonds. The van der Waals surface area contributed by atoms with Crippen molar-refractivity contribution in [1.29, 1.82) is 0 Å². The molecule has 0 heterocycles. The Morgan fingerprint density at radius 3 is 2.20 bits per heavy atom. The van der Waals surface area contributed by atoms with Crippen LogP contribution in [0.5, 0.6) is 0 Å². The summed E-state index contributed by atoms with van der Waals surface area (Å²) >= 11 is -0.390. The van der Waals surface area contributed by atoms with Gasteiger partial charge in [0.05, 0.1) is 0 Å². The molecular weight excluding hydrogens is 322 g/mol. The van der Waals surface area contributed by atoms with Crippen molar-refractivity contribution in [3.8, 4) is 0 Å². The molecule has 0 aliphatic rings. The van der Waals surface area contributed by atoms with Gasteiger partial charge in [0.25, 0.3) is 0 Å². The van der Waals surface area contributed by atoms with Gasteiger partial charge in [-0.25, -0.2) is 0 Å². The summed E-state index contributed by atoms with van der Waals surface area (Å²) in [7, 11) is 0. The first-order valence-corrected chi connectivity index (χ1v) is 7.44. The number of alkyl halides is 4. The molecule has 2 atom stereocenters. The Hall–Kier alpha value is 0.440. The second-order valence-corrected chi connectivity index (χ2v) is 6.25. The molecule has 0 aromatic carbocycles. The maximum atomic E-state index is 12.3. The molecular formula is C9H18F3INO-. The molecule has 0 aliphatic heterocycles. The number of nitrogens with zero attached hydrogens (tertiary/aromatic N) is 1. The quantitative estimate of drug-likeness (QED) is 0.382. The van der Waals surface area contributed by atoms with E-state index in [0.29, 0.717) is 6.54 Å². The van der Waals surface area contributed by atoms with Crippen LogP contribution >= 0.6 is 0 Å². The molecule has 1 N–H and O–H groups in total. The minimum atomic E-state index is -4.51. The van der Waals surface area contributed by atoms with E-state index in [2.05, 4.69) is 0 Å². The molecule has 0 bridgehead atoms. The Morgan fingerprint density at radius 1 is 1.33 bits per heavy atom. The fourth-order valence-electron chi connectivity index (χ4n) is 1.10. The maximum absolute atomic E-state index is 12.3. The van der Waals surface area contributed by atoms with Crippen molar-refractivity contribution in [2.75, 3.05) is 11.0 Å². The molecule has 0 aromatic rings. The van der Waals surface area contributed by atoms with Crippen molar-refractivity contribution < 1.29 is 39.8 Å². The number of aliphatic hydroxyl groups excluding tert-OH is 1. The van der Waals surface area contributed by atoms with Crippen molar-refractivity contribution in [2.45, 2.75) is 45.5 Å². The summed E-state index contributed by atoms with van der Waals surface area (Å²) in [5.74, 6) is 0. The van der Waals surface area contributed by atoms with Crippen LogP contribution in [0, 0.1) is 0 Å². The average Bonchev–Trinajstić information content (AvgIpc) is 2.16. The predicted molar refractivity (Wildman–Crippen MR) is 49.1 cm³/mol. The van der Waals surface area contributed by atoms with Gasteiger partial charge in [-0.1, -0.05) is 0 Å². The van der Waals surface area contributed by atoms with E-state index in [1.54, 1.807) is 3.11 Å². The van der Waals surface area contributed by atoms with E-state index in [4.69, 9.17) is 5.11 Å². The molecule has 0 saturated carbocycles. The molecule has 0 aliphatic carbocycles. The molecule has 6 heteroatoms. The molecule has 0 saturated heterocycles. The second-order valence-electron chi connectivity index (χ2n) is 3.25. The Labute approximate surface area is 99.5 Å². The zero-order valence-corrected chi connectivity index (χ0v) is 11.3. The van der Waals surface area contributed by atoms with Crippen LogP contribution < -0.4 is 21.5 Å². The van der Waals surface area contributed by atoms with Crippen molar-refractivity contribution in [2.24, 2.45) is 0 Å². The second kappa shape index (κ2) is 6.90. The number of aliphatic hydroxyl groups is 1. The van der Waals surface area contributed by atoms with E-state index < -0.39 is 39.8 Å². The van der Waals surface area contributed by atoms with E-state index >= 15 is 0 Å². The van der Waals surface area contributed by atoms with Gasteiger partial charge in [-0.15, -0.1) is 0 Å². The van der Waals surface area contributed by atoms with Crippen molar-refractivity contribution in [3.05, 3.63) is 0 Å². The standard InChI is InChI=1S/C9H18F3INO/c1-4-6-13-14(5-2)7(3)8(15)9(10,11)12/h7-8,15H,4-6H2,1-3H3/q-1.